The highest BCUT2D eigenvalue weighted by atomic mass is 16.4. The van der Waals surface area contributed by atoms with Gasteiger partial charge in [-0.25, -0.2) is 0 Å². The third kappa shape index (κ3) is 3.29. The second-order valence-corrected chi connectivity index (χ2v) is 4.38. The van der Waals surface area contributed by atoms with Gasteiger partial charge < -0.3 is 10.0 Å². The molecule has 0 rings (SSSR count). The fourth-order valence-electron chi connectivity index (χ4n) is 1.44. The Hall–Kier alpha value is -0.570. The van der Waals surface area contributed by atoms with Gasteiger partial charge in [-0.05, 0) is 33.7 Å². The Morgan fingerprint density at radius 3 is 2.14 bits per heavy atom. The minimum absolute atomic E-state index is 0.408. The van der Waals surface area contributed by atoms with Gasteiger partial charge in [-0.2, -0.15) is 0 Å². The summed E-state index contributed by atoms with van der Waals surface area (Å²) in [5.41, 5.74) is -0.611. The first kappa shape index (κ1) is 13.4. The van der Waals surface area contributed by atoms with Gasteiger partial charge in [0.1, 0.15) is 0 Å². The summed E-state index contributed by atoms with van der Waals surface area (Å²) in [5.74, 6) is -0.695. The Morgan fingerprint density at radius 2 is 1.93 bits per heavy atom. The summed E-state index contributed by atoms with van der Waals surface area (Å²) in [5, 5.41) is 9.13. The number of carboxylic acid groups (broad SMARTS) is 1. The molecule has 0 saturated carbocycles. The number of hydrogen-bond donors (Lipinski definition) is 1. The highest BCUT2D eigenvalue weighted by molar-refractivity contribution is 5.74. The van der Waals surface area contributed by atoms with Crippen molar-refractivity contribution >= 4 is 5.97 Å². The normalized spacial score (nSPS) is 15.9. The largest absolute Gasteiger partial charge is 0.481 e. The van der Waals surface area contributed by atoms with Gasteiger partial charge in [0.2, 0.25) is 0 Å². The molecule has 0 bridgehead atoms. The fraction of sp³-hybridized carbons (Fsp3) is 0.909. The maximum Gasteiger partial charge on any atom is 0.310 e. The maximum absolute atomic E-state index is 11.1. The van der Waals surface area contributed by atoms with Crippen LogP contribution < -0.4 is 0 Å². The average molecular weight is 201 g/mol. The van der Waals surface area contributed by atoms with Crippen molar-refractivity contribution in [1.29, 1.82) is 0 Å². The molecular formula is C11H23NO2. The van der Waals surface area contributed by atoms with Crippen LogP contribution in [0.2, 0.25) is 0 Å². The molecule has 14 heavy (non-hydrogen) atoms. The summed E-state index contributed by atoms with van der Waals surface area (Å²) >= 11 is 0. The summed E-state index contributed by atoms with van der Waals surface area (Å²) in [7, 11) is 0. The lowest BCUT2D eigenvalue weighted by Gasteiger charge is -2.33. The molecular weight excluding hydrogens is 178 g/mol. The predicted molar refractivity (Wildman–Crippen MR) is 58.4 cm³/mol. The number of hydrogen-bond acceptors (Lipinski definition) is 2. The molecule has 3 nitrogen and oxygen atoms in total. The van der Waals surface area contributed by atoms with E-state index in [4.69, 9.17) is 5.11 Å². The lowest BCUT2D eigenvalue weighted by Crippen LogP contribution is -2.43. The van der Waals surface area contributed by atoms with E-state index in [0.717, 1.165) is 6.54 Å². The average Bonchev–Trinajstić information content (AvgIpc) is 2.12. The molecule has 0 aromatic heterocycles. The van der Waals surface area contributed by atoms with E-state index in [9.17, 15) is 4.79 Å². The smallest absolute Gasteiger partial charge is 0.310 e. The van der Waals surface area contributed by atoms with Crippen molar-refractivity contribution in [2.24, 2.45) is 5.41 Å². The predicted octanol–water partition coefficient (Wildman–Crippen LogP) is 2.22. The number of carbonyl (C=O) groups is 1. The molecule has 1 unspecified atom stereocenters. The van der Waals surface area contributed by atoms with Crippen LogP contribution in [0.1, 0.15) is 41.0 Å². The van der Waals surface area contributed by atoms with E-state index in [-0.39, 0.29) is 0 Å². The van der Waals surface area contributed by atoms with Crippen molar-refractivity contribution in [1.82, 2.24) is 4.90 Å². The minimum atomic E-state index is -0.695. The van der Waals surface area contributed by atoms with Crippen LogP contribution in [-0.2, 0) is 4.79 Å². The second kappa shape index (κ2) is 5.35. The zero-order valence-corrected chi connectivity index (χ0v) is 10.0. The van der Waals surface area contributed by atoms with Crippen LogP contribution in [0.25, 0.3) is 0 Å². The van der Waals surface area contributed by atoms with Gasteiger partial charge in [-0.3, -0.25) is 4.79 Å². The third-order valence-electron chi connectivity index (χ3n) is 2.99. The Bertz CT molecular complexity index is 192. The number of nitrogens with zero attached hydrogens (tertiary/aromatic N) is 1. The topological polar surface area (TPSA) is 40.5 Å². The van der Waals surface area contributed by atoms with Crippen molar-refractivity contribution in [3.8, 4) is 0 Å². The van der Waals surface area contributed by atoms with E-state index in [1.807, 2.05) is 13.8 Å². The first-order chi connectivity index (χ1) is 6.37. The molecule has 0 heterocycles. The van der Waals surface area contributed by atoms with E-state index in [2.05, 4.69) is 25.7 Å². The molecule has 3 heteroatoms. The van der Waals surface area contributed by atoms with E-state index in [0.29, 0.717) is 19.0 Å². The first-order valence-corrected chi connectivity index (χ1v) is 5.34. The first-order valence-electron chi connectivity index (χ1n) is 5.34. The third-order valence-corrected chi connectivity index (χ3v) is 2.99. The summed E-state index contributed by atoms with van der Waals surface area (Å²) < 4.78 is 0. The molecule has 0 aliphatic heterocycles. The van der Waals surface area contributed by atoms with E-state index in [1.54, 1.807) is 0 Å². The second-order valence-electron chi connectivity index (χ2n) is 4.38. The molecule has 0 saturated heterocycles. The Kier molecular flexibility index (Phi) is 5.13. The molecule has 0 aliphatic carbocycles. The summed E-state index contributed by atoms with van der Waals surface area (Å²) in [6, 6.07) is 0.408. The van der Waals surface area contributed by atoms with E-state index < -0.39 is 11.4 Å². The quantitative estimate of drug-likeness (QED) is 0.716. The van der Waals surface area contributed by atoms with Crippen LogP contribution in [0.4, 0.5) is 0 Å². The van der Waals surface area contributed by atoms with Gasteiger partial charge in [0.15, 0.2) is 0 Å². The summed E-state index contributed by atoms with van der Waals surface area (Å²) in [6.07, 6.45) is 0.672. The highest BCUT2D eigenvalue weighted by Gasteiger charge is 2.33. The molecule has 1 N–H and O–H groups in total. The SMILES string of the molecule is CCN(CC(C)(CC)C(=O)O)C(C)C. The van der Waals surface area contributed by atoms with Gasteiger partial charge in [-0.1, -0.05) is 13.8 Å². The van der Waals surface area contributed by atoms with E-state index >= 15 is 0 Å². The Balaban J connectivity index is 4.50. The number of carboxylic acids is 1. The van der Waals surface area contributed by atoms with Crippen molar-refractivity contribution in [3.05, 3.63) is 0 Å². The van der Waals surface area contributed by atoms with Crippen molar-refractivity contribution < 1.29 is 9.90 Å². The number of aliphatic carboxylic acids is 1. The summed E-state index contributed by atoms with van der Waals surface area (Å²) in [6.45, 7) is 11.6. The van der Waals surface area contributed by atoms with Crippen molar-refractivity contribution in [3.63, 3.8) is 0 Å². The molecule has 1 atom stereocenters. The molecule has 0 amide bonds. The number of rotatable bonds is 6. The van der Waals surface area contributed by atoms with Crippen LogP contribution in [0.15, 0.2) is 0 Å². The van der Waals surface area contributed by atoms with Crippen LogP contribution >= 0.6 is 0 Å². The summed E-state index contributed by atoms with van der Waals surface area (Å²) in [4.78, 5) is 13.3. The lowest BCUT2D eigenvalue weighted by molar-refractivity contribution is -0.149. The van der Waals surface area contributed by atoms with Gasteiger partial charge >= 0.3 is 5.97 Å². The molecule has 0 aliphatic rings. The van der Waals surface area contributed by atoms with Gasteiger partial charge in [0.25, 0.3) is 0 Å². The van der Waals surface area contributed by atoms with Crippen LogP contribution in [0.5, 0.6) is 0 Å². The zero-order chi connectivity index (χ0) is 11.4. The molecule has 0 radical (unpaired) electrons. The molecule has 84 valence electrons. The standard InChI is InChI=1S/C11H23NO2/c1-6-11(5,10(13)14)8-12(7-2)9(3)4/h9H,6-8H2,1-5H3,(H,13,14). The van der Waals surface area contributed by atoms with E-state index in [1.165, 1.54) is 0 Å². The van der Waals surface area contributed by atoms with Crippen molar-refractivity contribution in [2.45, 2.75) is 47.1 Å². The van der Waals surface area contributed by atoms with Crippen LogP contribution in [0.3, 0.4) is 0 Å². The van der Waals surface area contributed by atoms with Crippen LogP contribution in [-0.4, -0.2) is 35.1 Å². The Morgan fingerprint density at radius 1 is 1.43 bits per heavy atom. The maximum atomic E-state index is 11.1. The Labute approximate surface area is 87.1 Å². The van der Waals surface area contributed by atoms with Crippen LogP contribution in [0, 0.1) is 5.41 Å². The molecule has 0 fully saturated rings. The molecule has 0 aromatic rings. The van der Waals surface area contributed by atoms with Gasteiger partial charge in [-0.15, -0.1) is 0 Å². The highest BCUT2D eigenvalue weighted by Crippen LogP contribution is 2.23. The fourth-order valence-corrected chi connectivity index (χ4v) is 1.44. The molecule has 0 spiro atoms. The van der Waals surface area contributed by atoms with Gasteiger partial charge in [0.05, 0.1) is 5.41 Å². The monoisotopic (exact) mass is 201 g/mol. The minimum Gasteiger partial charge on any atom is -0.481 e. The zero-order valence-electron chi connectivity index (χ0n) is 10.0. The molecule has 0 aromatic carbocycles. The van der Waals surface area contributed by atoms with Crippen molar-refractivity contribution in [2.75, 3.05) is 13.1 Å². The van der Waals surface area contributed by atoms with Gasteiger partial charge in [0, 0.05) is 12.6 Å². The lowest BCUT2D eigenvalue weighted by atomic mass is 9.86.